The van der Waals surface area contributed by atoms with E-state index in [-0.39, 0.29) is 17.3 Å². The van der Waals surface area contributed by atoms with Gasteiger partial charge in [-0.2, -0.15) is 5.26 Å². The molecule has 0 radical (unpaired) electrons. The van der Waals surface area contributed by atoms with Gasteiger partial charge in [0.25, 0.3) is 0 Å². The number of halogens is 1. The second-order valence-electron chi connectivity index (χ2n) is 3.63. The second kappa shape index (κ2) is 8.42. The lowest BCUT2D eigenvalue weighted by Crippen LogP contribution is -2.07. The van der Waals surface area contributed by atoms with E-state index >= 15 is 0 Å². The second-order valence-corrected chi connectivity index (χ2v) is 5.21. The number of esters is 1. The van der Waals surface area contributed by atoms with E-state index in [1.165, 1.54) is 18.0 Å². The molecule has 0 bridgehead atoms. The minimum atomic E-state index is -0.621. The van der Waals surface area contributed by atoms with Crippen LogP contribution in [0.15, 0.2) is 17.2 Å². The predicted molar refractivity (Wildman–Crippen MR) is 76.5 cm³/mol. The lowest BCUT2D eigenvalue weighted by molar-refractivity contribution is 0.0519. The average molecular weight is 310 g/mol. The molecule has 0 amide bonds. The molecule has 0 aliphatic carbocycles. The van der Waals surface area contributed by atoms with E-state index in [1.54, 1.807) is 13.0 Å². The van der Waals surface area contributed by atoms with Crippen LogP contribution in [0, 0.1) is 17.9 Å². The first-order valence-electron chi connectivity index (χ1n) is 5.84. The van der Waals surface area contributed by atoms with Crippen molar-refractivity contribution in [2.75, 3.05) is 12.4 Å². The molecule has 1 rings (SSSR count). The van der Waals surface area contributed by atoms with Crippen molar-refractivity contribution in [1.29, 1.82) is 5.26 Å². The Kier molecular flexibility index (Phi) is 6.86. The first-order valence-corrected chi connectivity index (χ1v) is 7.20. The van der Waals surface area contributed by atoms with Gasteiger partial charge in [0.05, 0.1) is 11.6 Å². The number of carbonyl (C=O) groups is 1. The zero-order chi connectivity index (χ0) is 15.0. The van der Waals surface area contributed by atoms with Crippen molar-refractivity contribution in [3.05, 3.63) is 34.4 Å². The summed E-state index contributed by atoms with van der Waals surface area (Å²) in [5, 5.41) is 8.89. The third kappa shape index (κ3) is 4.73. The molecule has 1 aromatic rings. The molecule has 1 atom stereocenters. The third-order valence-corrected chi connectivity index (χ3v) is 3.53. The van der Waals surface area contributed by atoms with Gasteiger partial charge in [-0.05, 0) is 13.0 Å². The molecule has 0 saturated heterocycles. The van der Waals surface area contributed by atoms with E-state index in [0.717, 1.165) is 4.90 Å². The van der Waals surface area contributed by atoms with Crippen LogP contribution >= 0.6 is 23.4 Å². The maximum Gasteiger partial charge on any atom is 0.358 e. The fourth-order valence-corrected chi connectivity index (χ4v) is 2.51. The number of aromatic nitrogens is 1. The summed E-state index contributed by atoms with van der Waals surface area (Å²) in [6, 6.07) is 2.93. The zero-order valence-corrected chi connectivity index (χ0v) is 12.4. The Hall–Kier alpha value is -1.76. The Morgan fingerprint density at radius 2 is 2.50 bits per heavy atom. The van der Waals surface area contributed by atoms with Crippen LogP contribution < -0.4 is 0 Å². The molecule has 20 heavy (non-hydrogen) atoms. The summed E-state index contributed by atoms with van der Waals surface area (Å²) in [6.45, 7) is 8.77. The minimum absolute atomic E-state index is 0.0916. The number of rotatable bonds is 6. The number of pyridine rings is 1. The summed E-state index contributed by atoms with van der Waals surface area (Å²) in [7, 11) is 0. The van der Waals surface area contributed by atoms with Gasteiger partial charge >= 0.3 is 12.0 Å². The van der Waals surface area contributed by atoms with Gasteiger partial charge in [0.15, 0.2) is 11.8 Å². The van der Waals surface area contributed by atoms with Crippen LogP contribution in [0.1, 0.15) is 23.8 Å². The van der Waals surface area contributed by atoms with Crippen LogP contribution in [0.25, 0.3) is 4.85 Å². The smallest absolute Gasteiger partial charge is 0.358 e. The van der Waals surface area contributed by atoms with Gasteiger partial charge < -0.3 is 4.74 Å². The molecule has 1 heterocycles. The van der Waals surface area contributed by atoms with Crippen LogP contribution in [-0.4, -0.2) is 29.4 Å². The number of nitrogens with zero attached hydrogens (tertiary/aromatic N) is 3. The summed E-state index contributed by atoms with van der Waals surface area (Å²) >= 11 is 7.41. The summed E-state index contributed by atoms with van der Waals surface area (Å²) in [4.78, 5) is 19.5. The van der Waals surface area contributed by atoms with Crippen molar-refractivity contribution >= 4 is 29.3 Å². The number of nitriles is 1. The van der Waals surface area contributed by atoms with Crippen molar-refractivity contribution in [3.63, 3.8) is 0 Å². The van der Waals surface area contributed by atoms with Gasteiger partial charge in [-0.25, -0.2) is 16.4 Å². The molecule has 0 aromatic carbocycles. The number of hydrogen-bond donors (Lipinski definition) is 0. The highest BCUT2D eigenvalue weighted by molar-refractivity contribution is 7.99. The Balaban J connectivity index is 2.62. The Morgan fingerprint density at radius 3 is 3.05 bits per heavy atom. The molecule has 7 heteroatoms. The fraction of sp³-hybridized carbons (Fsp3) is 0.385. The SMILES string of the molecule is [C-]#[N+]C(C#N)CCSc1cnc(C(=O)OCC)c(Cl)c1. The summed E-state index contributed by atoms with van der Waals surface area (Å²) in [5.74, 6) is 0.0591. The van der Waals surface area contributed by atoms with E-state index in [9.17, 15) is 4.79 Å². The van der Waals surface area contributed by atoms with Crippen molar-refractivity contribution in [2.24, 2.45) is 0 Å². The lowest BCUT2D eigenvalue weighted by atomic mass is 10.3. The molecule has 0 N–H and O–H groups in total. The van der Waals surface area contributed by atoms with Crippen LogP contribution in [0.3, 0.4) is 0 Å². The maximum absolute atomic E-state index is 11.5. The standard InChI is InChI=1S/C13H12ClN3O2S/c1-3-19-13(18)12-11(14)6-10(8-17-12)20-5-4-9(7-15)16-2/h6,8-9H,3-5H2,1H3. The van der Waals surface area contributed by atoms with E-state index in [2.05, 4.69) is 9.83 Å². The summed E-state index contributed by atoms with van der Waals surface area (Å²) in [6.07, 6.45) is 2.00. The Bertz CT molecular complexity index is 552. The fourth-order valence-electron chi connectivity index (χ4n) is 1.30. The van der Waals surface area contributed by atoms with E-state index in [4.69, 9.17) is 28.2 Å². The first kappa shape index (κ1) is 16.3. The molecule has 0 aliphatic rings. The monoisotopic (exact) mass is 309 g/mol. The third-order valence-electron chi connectivity index (χ3n) is 2.25. The van der Waals surface area contributed by atoms with E-state index < -0.39 is 12.0 Å². The molecule has 1 unspecified atom stereocenters. The van der Waals surface area contributed by atoms with Gasteiger partial charge in [-0.15, -0.1) is 11.8 Å². The molecule has 1 aromatic heterocycles. The zero-order valence-electron chi connectivity index (χ0n) is 10.8. The van der Waals surface area contributed by atoms with Crippen molar-refractivity contribution in [1.82, 2.24) is 4.98 Å². The van der Waals surface area contributed by atoms with Gasteiger partial charge in [-0.1, -0.05) is 11.6 Å². The average Bonchev–Trinajstić information content (AvgIpc) is 2.44. The van der Waals surface area contributed by atoms with Crippen LogP contribution in [0.2, 0.25) is 5.02 Å². The van der Waals surface area contributed by atoms with E-state index in [1.807, 2.05) is 6.07 Å². The predicted octanol–water partition coefficient (Wildman–Crippen LogP) is 3.21. The van der Waals surface area contributed by atoms with Crippen LogP contribution in [-0.2, 0) is 4.74 Å². The number of ether oxygens (including phenoxy) is 1. The van der Waals surface area contributed by atoms with E-state index in [0.29, 0.717) is 12.2 Å². The van der Waals surface area contributed by atoms with Gasteiger partial charge in [0.1, 0.15) is 0 Å². The highest BCUT2D eigenvalue weighted by Gasteiger charge is 2.14. The highest BCUT2D eigenvalue weighted by Crippen LogP contribution is 2.24. The molecule has 0 saturated carbocycles. The topological polar surface area (TPSA) is 67.3 Å². The molecule has 0 spiro atoms. The van der Waals surface area contributed by atoms with Gasteiger partial charge in [0.2, 0.25) is 0 Å². The first-order chi connectivity index (χ1) is 9.62. The molecule has 104 valence electrons. The summed E-state index contributed by atoms with van der Waals surface area (Å²) < 4.78 is 4.83. The molecule has 0 fully saturated rings. The van der Waals surface area contributed by atoms with Gasteiger partial charge in [-0.3, -0.25) is 4.85 Å². The highest BCUT2D eigenvalue weighted by atomic mass is 35.5. The molecule has 5 nitrogen and oxygen atoms in total. The number of hydrogen-bond acceptors (Lipinski definition) is 5. The summed E-state index contributed by atoms with van der Waals surface area (Å²) in [5.41, 5.74) is 0.0916. The largest absolute Gasteiger partial charge is 0.461 e. The van der Waals surface area contributed by atoms with Crippen molar-refractivity contribution < 1.29 is 9.53 Å². The van der Waals surface area contributed by atoms with Crippen LogP contribution in [0.5, 0.6) is 0 Å². The normalized spacial score (nSPS) is 11.2. The number of thioether (sulfide) groups is 1. The lowest BCUT2D eigenvalue weighted by Gasteiger charge is -2.05. The van der Waals surface area contributed by atoms with Crippen molar-refractivity contribution in [3.8, 4) is 6.07 Å². The molecular formula is C13H12ClN3O2S. The quantitative estimate of drug-likeness (QED) is 0.458. The number of carbonyl (C=O) groups excluding carboxylic acids is 1. The van der Waals surface area contributed by atoms with Crippen LogP contribution in [0.4, 0.5) is 0 Å². The Labute approximate surface area is 126 Å². The Morgan fingerprint density at radius 1 is 1.75 bits per heavy atom. The van der Waals surface area contributed by atoms with Crippen molar-refractivity contribution in [2.45, 2.75) is 24.3 Å². The van der Waals surface area contributed by atoms with Gasteiger partial charge in [0, 0.05) is 23.3 Å². The molecule has 0 aliphatic heterocycles. The molecular weight excluding hydrogens is 298 g/mol. The minimum Gasteiger partial charge on any atom is -0.461 e. The maximum atomic E-state index is 11.5.